The Morgan fingerprint density at radius 1 is 1.37 bits per heavy atom. The molecule has 0 bridgehead atoms. The fourth-order valence-corrected chi connectivity index (χ4v) is 2.67. The second-order valence-corrected chi connectivity index (χ2v) is 5.06. The van der Waals surface area contributed by atoms with E-state index < -0.39 is 11.4 Å². The van der Waals surface area contributed by atoms with Gasteiger partial charge < -0.3 is 9.84 Å². The Morgan fingerprint density at radius 2 is 2.21 bits per heavy atom. The molecule has 0 spiro atoms. The highest BCUT2D eigenvalue weighted by Gasteiger charge is 2.42. The second kappa shape index (κ2) is 4.63. The highest BCUT2D eigenvalue weighted by Crippen LogP contribution is 2.34. The molecule has 4 nitrogen and oxygen atoms in total. The van der Waals surface area contributed by atoms with Gasteiger partial charge in [0.1, 0.15) is 0 Å². The number of hydrogen-bond donors (Lipinski definition) is 1. The molecule has 1 aromatic heterocycles. The lowest BCUT2D eigenvalue weighted by Crippen LogP contribution is -2.33. The van der Waals surface area contributed by atoms with Gasteiger partial charge in [-0.1, -0.05) is 24.3 Å². The average Bonchev–Trinajstić information content (AvgIpc) is 2.89. The van der Waals surface area contributed by atoms with E-state index in [1.807, 2.05) is 30.3 Å². The van der Waals surface area contributed by atoms with Crippen LogP contribution >= 0.6 is 0 Å². The van der Waals surface area contributed by atoms with Gasteiger partial charge in [0, 0.05) is 18.2 Å². The topological polar surface area (TPSA) is 59.4 Å². The molecule has 4 heteroatoms. The smallest absolute Gasteiger partial charge is 0.312 e. The zero-order chi connectivity index (χ0) is 13.3. The van der Waals surface area contributed by atoms with Crippen LogP contribution in [0.5, 0.6) is 0 Å². The van der Waals surface area contributed by atoms with Crippen molar-refractivity contribution in [2.75, 3.05) is 13.2 Å². The number of carboxylic acids is 1. The Balaban J connectivity index is 2.03. The van der Waals surface area contributed by atoms with Crippen LogP contribution < -0.4 is 0 Å². The number of ether oxygens (including phenoxy) is 1. The normalized spacial score (nSPS) is 22.7. The third-order valence-electron chi connectivity index (χ3n) is 3.80. The molecular formula is C15H15NO3. The summed E-state index contributed by atoms with van der Waals surface area (Å²) in [7, 11) is 0. The summed E-state index contributed by atoms with van der Waals surface area (Å²) in [5.74, 6) is -0.780. The molecular weight excluding hydrogens is 242 g/mol. The Kier molecular flexibility index (Phi) is 2.95. The Morgan fingerprint density at radius 3 is 2.95 bits per heavy atom. The quantitative estimate of drug-likeness (QED) is 0.916. The second-order valence-electron chi connectivity index (χ2n) is 5.06. The first-order valence-corrected chi connectivity index (χ1v) is 6.35. The number of aromatic nitrogens is 1. The minimum Gasteiger partial charge on any atom is -0.481 e. The molecule has 2 heterocycles. The largest absolute Gasteiger partial charge is 0.481 e. The van der Waals surface area contributed by atoms with E-state index in [1.165, 1.54) is 0 Å². The maximum atomic E-state index is 11.6. The molecule has 3 rings (SSSR count). The summed E-state index contributed by atoms with van der Waals surface area (Å²) in [6, 6.07) is 9.77. The minimum absolute atomic E-state index is 0.283. The van der Waals surface area contributed by atoms with Gasteiger partial charge in [-0.3, -0.25) is 9.78 Å². The van der Waals surface area contributed by atoms with Crippen molar-refractivity contribution < 1.29 is 14.6 Å². The van der Waals surface area contributed by atoms with Crippen LogP contribution in [0.2, 0.25) is 0 Å². The highest BCUT2D eigenvalue weighted by atomic mass is 16.5. The monoisotopic (exact) mass is 257 g/mol. The van der Waals surface area contributed by atoms with Crippen LogP contribution in [-0.2, 0) is 16.0 Å². The number of pyridine rings is 1. The number of nitrogens with zero attached hydrogens (tertiary/aromatic N) is 1. The van der Waals surface area contributed by atoms with Gasteiger partial charge in [0.2, 0.25) is 0 Å². The van der Waals surface area contributed by atoms with E-state index in [4.69, 9.17) is 4.74 Å². The minimum atomic E-state index is -0.800. The average molecular weight is 257 g/mol. The SMILES string of the molecule is O=C(O)C1(Cc2cccc3cccnc23)CCOC1. The number of hydrogen-bond acceptors (Lipinski definition) is 3. The molecule has 1 unspecified atom stereocenters. The number of benzene rings is 1. The predicted octanol–water partition coefficient (Wildman–Crippen LogP) is 2.27. The first kappa shape index (κ1) is 12.1. The first-order chi connectivity index (χ1) is 9.21. The molecule has 1 atom stereocenters. The summed E-state index contributed by atoms with van der Waals surface area (Å²) in [6.45, 7) is 0.802. The van der Waals surface area contributed by atoms with Crippen LogP contribution in [0, 0.1) is 5.41 Å². The van der Waals surface area contributed by atoms with Gasteiger partial charge >= 0.3 is 5.97 Å². The summed E-state index contributed by atoms with van der Waals surface area (Å²) in [5, 5.41) is 10.5. The number of aliphatic carboxylic acids is 1. The van der Waals surface area contributed by atoms with Crippen molar-refractivity contribution in [3.8, 4) is 0 Å². The lowest BCUT2D eigenvalue weighted by molar-refractivity contribution is -0.148. The zero-order valence-electron chi connectivity index (χ0n) is 10.5. The van der Waals surface area contributed by atoms with E-state index in [0.717, 1.165) is 16.5 Å². The van der Waals surface area contributed by atoms with E-state index in [1.54, 1.807) is 6.20 Å². The summed E-state index contributed by atoms with van der Waals surface area (Å²) in [5.41, 5.74) is 1.06. The van der Waals surface area contributed by atoms with Crippen LogP contribution in [0.25, 0.3) is 10.9 Å². The lowest BCUT2D eigenvalue weighted by atomic mass is 9.80. The van der Waals surface area contributed by atoms with Crippen molar-refractivity contribution in [2.24, 2.45) is 5.41 Å². The maximum Gasteiger partial charge on any atom is 0.312 e. The van der Waals surface area contributed by atoms with Crippen LogP contribution in [0.4, 0.5) is 0 Å². The van der Waals surface area contributed by atoms with Crippen molar-refractivity contribution >= 4 is 16.9 Å². The molecule has 1 fully saturated rings. The van der Waals surface area contributed by atoms with Gasteiger partial charge in [0.05, 0.1) is 17.5 Å². The van der Waals surface area contributed by atoms with E-state index in [0.29, 0.717) is 19.4 Å². The van der Waals surface area contributed by atoms with Gasteiger partial charge in [0.15, 0.2) is 0 Å². The van der Waals surface area contributed by atoms with Crippen molar-refractivity contribution in [3.05, 3.63) is 42.1 Å². The molecule has 0 aliphatic carbocycles. The predicted molar refractivity (Wildman–Crippen MR) is 71.0 cm³/mol. The zero-order valence-corrected chi connectivity index (χ0v) is 10.5. The Hall–Kier alpha value is -1.94. The van der Waals surface area contributed by atoms with Crippen molar-refractivity contribution in [1.29, 1.82) is 0 Å². The molecule has 0 amide bonds. The number of para-hydroxylation sites is 1. The fraction of sp³-hybridized carbons (Fsp3) is 0.333. The van der Waals surface area contributed by atoms with E-state index in [2.05, 4.69) is 4.98 Å². The molecule has 0 saturated carbocycles. The molecule has 1 aliphatic rings. The summed E-state index contributed by atoms with van der Waals surface area (Å²) < 4.78 is 5.30. The van der Waals surface area contributed by atoms with Crippen molar-refractivity contribution in [1.82, 2.24) is 4.98 Å². The molecule has 1 N–H and O–H groups in total. The standard InChI is InChI=1S/C15H15NO3/c17-14(18)15(6-8-19-10-15)9-12-4-1-3-11-5-2-7-16-13(11)12/h1-5,7H,6,8-10H2,(H,17,18). The Bertz CT molecular complexity index is 612. The summed E-state index contributed by atoms with van der Waals surface area (Å²) in [6.07, 6.45) is 2.77. The molecule has 19 heavy (non-hydrogen) atoms. The van der Waals surface area contributed by atoms with Crippen LogP contribution in [-0.4, -0.2) is 29.3 Å². The molecule has 98 valence electrons. The van der Waals surface area contributed by atoms with Gasteiger partial charge in [0.25, 0.3) is 0 Å². The van der Waals surface area contributed by atoms with Gasteiger partial charge in [-0.15, -0.1) is 0 Å². The van der Waals surface area contributed by atoms with Gasteiger partial charge in [-0.05, 0) is 24.5 Å². The molecule has 0 radical (unpaired) electrons. The van der Waals surface area contributed by atoms with E-state index in [9.17, 15) is 9.90 Å². The maximum absolute atomic E-state index is 11.6. The van der Waals surface area contributed by atoms with E-state index in [-0.39, 0.29) is 6.61 Å². The van der Waals surface area contributed by atoms with Crippen LogP contribution in [0.15, 0.2) is 36.5 Å². The van der Waals surface area contributed by atoms with E-state index >= 15 is 0 Å². The molecule has 1 saturated heterocycles. The molecule has 1 aliphatic heterocycles. The molecule has 1 aromatic carbocycles. The molecule has 2 aromatic rings. The third kappa shape index (κ3) is 2.08. The van der Waals surface area contributed by atoms with Crippen molar-refractivity contribution in [2.45, 2.75) is 12.8 Å². The van der Waals surface area contributed by atoms with Gasteiger partial charge in [-0.2, -0.15) is 0 Å². The number of carboxylic acid groups (broad SMARTS) is 1. The summed E-state index contributed by atoms with van der Waals surface area (Å²) in [4.78, 5) is 15.9. The fourth-order valence-electron chi connectivity index (χ4n) is 2.67. The lowest BCUT2D eigenvalue weighted by Gasteiger charge is -2.22. The first-order valence-electron chi connectivity index (χ1n) is 6.35. The highest BCUT2D eigenvalue weighted by molar-refractivity contribution is 5.83. The summed E-state index contributed by atoms with van der Waals surface area (Å²) >= 11 is 0. The van der Waals surface area contributed by atoms with Crippen molar-refractivity contribution in [3.63, 3.8) is 0 Å². The van der Waals surface area contributed by atoms with Crippen LogP contribution in [0.1, 0.15) is 12.0 Å². The Labute approximate surface area is 111 Å². The van der Waals surface area contributed by atoms with Gasteiger partial charge in [-0.25, -0.2) is 0 Å². The number of fused-ring (bicyclic) bond motifs is 1. The third-order valence-corrected chi connectivity index (χ3v) is 3.80. The van der Waals surface area contributed by atoms with Crippen LogP contribution in [0.3, 0.4) is 0 Å². The number of carbonyl (C=O) groups is 1. The number of rotatable bonds is 3.